The minimum absolute atomic E-state index is 0.159. The van der Waals surface area contributed by atoms with E-state index in [0.29, 0.717) is 12.5 Å². The molecule has 0 radical (unpaired) electrons. The highest BCUT2D eigenvalue weighted by molar-refractivity contribution is 4.96. The summed E-state index contributed by atoms with van der Waals surface area (Å²) in [5, 5.41) is 21.9. The number of hydrogen-bond acceptors (Lipinski definition) is 4. The van der Waals surface area contributed by atoms with Crippen LogP contribution in [-0.2, 0) is 4.84 Å². The van der Waals surface area contributed by atoms with Gasteiger partial charge in [-0.15, -0.1) is 0 Å². The van der Waals surface area contributed by atoms with Gasteiger partial charge in [-0.25, -0.2) is 0 Å². The van der Waals surface area contributed by atoms with Crippen LogP contribution in [0.3, 0.4) is 0 Å². The van der Waals surface area contributed by atoms with Crippen LogP contribution in [0.1, 0.15) is 80.6 Å². The molecule has 1 heterocycles. The van der Waals surface area contributed by atoms with E-state index in [9.17, 15) is 10.2 Å². The quantitative estimate of drug-likeness (QED) is 0.755. The summed E-state index contributed by atoms with van der Waals surface area (Å²) in [4.78, 5) is 6.17. The van der Waals surface area contributed by atoms with E-state index in [1.54, 1.807) is 0 Å². The topological polar surface area (TPSA) is 52.9 Å². The predicted octanol–water partition coefficient (Wildman–Crippen LogP) is 3.51. The average Bonchev–Trinajstić information content (AvgIpc) is 2.22. The molecule has 4 heteroatoms. The van der Waals surface area contributed by atoms with Crippen molar-refractivity contribution >= 4 is 0 Å². The molecule has 0 bridgehead atoms. The molecule has 1 unspecified atom stereocenters. The first kappa shape index (κ1) is 19.9. The van der Waals surface area contributed by atoms with Gasteiger partial charge in [0.15, 0.2) is 0 Å². The molecule has 1 fully saturated rings. The zero-order valence-electron chi connectivity index (χ0n) is 15.6. The van der Waals surface area contributed by atoms with Crippen LogP contribution in [0, 0.1) is 5.92 Å². The molecule has 0 aromatic carbocycles. The van der Waals surface area contributed by atoms with E-state index in [2.05, 4.69) is 39.7 Å². The Morgan fingerprint density at radius 1 is 1.18 bits per heavy atom. The second-order valence-corrected chi connectivity index (χ2v) is 9.09. The molecule has 1 rings (SSSR count). The average molecular weight is 315 g/mol. The number of rotatable bonds is 7. The van der Waals surface area contributed by atoms with Gasteiger partial charge in [0.05, 0.1) is 18.3 Å². The summed E-state index contributed by atoms with van der Waals surface area (Å²) < 4.78 is 0. The molecule has 0 spiro atoms. The molecular weight excluding hydrogens is 278 g/mol. The van der Waals surface area contributed by atoms with E-state index < -0.39 is 5.60 Å². The lowest BCUT2D eigenvalue weighted by molar-refractivity contribution is -0.296. The standard InChI is InChI=1S/C18H37NO3/c1-14(9-8-10-18(6,7)21)13-22-19-16(2,3)11-15(20)12-17(19,4)5/h14-15,20-21H,8-13H2,1-7H3. The summed E-state index contributed by atoms with van der Waals surface area (Å²) in [6.45, 7) is 15.1. The number of hydroxylamine groups is 2. The van der Waals surface area contributed by atoms with Gasteiger partial charge in [0.2, 0.25) is 0 Å². The first-order chi connectivity index (χ1) is 9.83. The Morgan fingerprint density at radius 2 is 1.68 bits per heavy atom. The van der Waals surface area contributed by atoms with E-state index in [1.165, 1.54) is 0 Å². The predicted molar refractivity (Wildman–Crippen MR) is 90.5 cm³/mol. The maximum atomic E-state index is 10.1. The van der Waals surface area contributed by atoms with Crippen LogP contribution >= 0.6 is 0 Å². The van der Waals surface area contributed by atoms with Gasteiger partial charge >= 0.3 is 0 Å². The highest BCUT2D eigenvalue weighted by Crippen LogP contribution is 2.38. The second kappa shape index (κ2) is 7.16. The van der Waals surface area contributed by atoms with E-state index in [0.717, 1.165) is 32.1 Å². The lowest BCUT2D eigenvalue weighted by atomic mass is 9.80. The first-order valence-corrected chi connectivity index (χ1v) is 8.67. The van der Waals surface area contributed by atoms with Crippen LogP contribution in [0.15, 0.2) is 0 Å². The minimum Gasteiger partial charge on any atom is -0.393 e. The van der Waals surface area contributed by atoms with Gasteiger partial charge in [0, 0.05) is 11.1 Å². The summed E-state index contributed by atoms with van der Waals surface area (Å²) in [6, 6.07) is 0. The number of hydrogen-bond donors (Lipinski definition) is 2. The first-order valence-electron chi connectivity index (χ1n) is 8.67. The maximum Gasteiger partial charge on any atom is 0.0711 e. The third-order valence-corrected chi connectivity index (χ3v) is 4.54. The molecule has 0 amide bonds. The van der Waals surface area contributed by atoms with Gasteiger partial charge in [0.1, 0.15) is 0 Å². The molecule has 4 nitrogen and oxygen atoms in total. The Balaban J connectivity index is 2.47. The maximum absolute atomic E-state index is 10.1. The zero-order chi connectivity index (χ0) is 17.2. The van der Waals surface area contributed by atoms with Gasteiger partial charge in [-0.3, -0.25) is 4.84 Å². The van der Waals surface area contributed by atoms with Crippen molar-refractivity contribution in [1.29, 1.82) is 0 Å². The van der Waals surface area contributed by atoms with Crippen LogP contribution in [0.5, 0.6) is 0 Å². The van der Waals surface area contributed by atoms with Gasteiger partial charge < -0.3 is 10.2 Å². The smallest absolute Gasteiger partial charge is 0.0711 e. The minimum atomic E-state index is -0.576. The van der Waals surface area contributed by atoms with E-state index in [-0.39, 0.29) is 17.2 Å². The van der Waals surface area contributed by atoms with E-state index in [4.69, 9.17) is 4.84 Å². The molecule has 1 aliphatic rings. The summed E-state index contributed by atoms with van der Waals surface area (Å²) >= 11 is 0. The number of aliphatic hydroxyl groups excluding tert-OH is 1. The highest BCUT2D eigenvalue weighted by Gasteiger charge is 2.46. The van der Waals surface area contributed by atoms with Crippen LogP contribution in [0.2, 0.25) is 0 Å². The van der Waals surface area contributed by atoms with Crippen molar-refractivity contribution in [2.75, 3.05) is 6.61 Å². The van der Waals surface area contributed by atoms with Crippen LogP contribution in [0.4, 0.5) is 0 Å². The number of piperidine rings is 1. The van der Waals surface area contributed by atoms with Gasteiger partial charge in [0.25, 0.3) is 0 Å². The Morgan fingerprint density at radius 3 is 2.14 bits per heavy atom. The van der Waals surface area contributed by atoms with Crippen molar-refractivity contribution in [3.05, 3.63) is 0 Å². The third kappa shape index (κ3) is 6.15. The lowest BCUT2D eigenvalue weighted by Gasteiger charge is -2.53. The van der Waals surface area contributed by atoms with Crippen LogP contribution in [0.25, 0.3) is 0 Å². The molecule has 1 aliphatic heterocycles. The molecule has 0 aromatic rings. The molecular formula is C18H37NO3. The van der Waals surface area contributed by atoms with Crippen molar-refractivity contribution < 1.29 is 15.1 Å². The molecule has 2 N–H and O–H groups in total. The van der Waals surface area contributed by atoms with Crippen LogP contribution in [-0.4, -0.2) is 44.7 Å². The molecule has 0 saturated carbocycles. The van der Waals surface area contributed by atoms with E-state index >= 15 is 0 Å². The van der Waals surface area contributed by atoms with Crippen molar-refractivity contribution in [2.45, 2.75) is 103 Å². The summed E-state index contributed by atoms with van der Waals surface area (Å²) in [6.07, 6.45) is 4.12. The summed E-state index contributed by atoms with van der Waals surface area (Å²) in [5.74, 6) is 0.459. The van der Waals surface area contributed by atoms with Crippen molar-refractivity contribution in [3.8, 4) is 0 Å². The molecule has 1 saturated heterocycles. The fraction of sp³-hybridized carbons (Fsp3) is 1.00. The Hall–Kier alpha value is -0.160. The molecule has 22 heavy (non-hydrogen) atoms. The molecule has 0 aliphatic carbocycles. The SMILES string of the molecule is CC(CCCC(C)(C)O)CON1C(C)(C)CC(O)CC1(C)C. The Bertz CT molecular complexity index is 329. The number of aliphatic hydroxyl groups is 2. The zero-order valence-corrected chi connectivity index (χ0v) is 15.6. The largest absolute Gasteiger partial charge is 0.393 e. The fourth-order valence-electron chi connectivity index (χ4n) is 3.73. The number of nitrogens with zero attached hydrogens (tertiary/aromatic N) is 1. The molecule has 1 atom stereocenters. The highest BCUT2D eigenvalue weighted by atomic mass is 16.7. The third-order valence-electron chi connectivity index (χ3n) is 4.54. The molecule has 132 valence electrons. The summed E-state index contributed by atoms with van der Waals surface area (Å²) in [5.41, 5.74) is -0.893. The molecule has 0 aromatic heterocycles. The normalized spacial score (nSPS) is 24.4. The second-order valence-electron chi connectivity index (χ2n) is 9.09. The van der Waals surface area contributed by atoms with Gasteiger partial charge in [-0.1, -0.05) is 13.3 Å². The van der Waals surface area contributed by atoms with Crippen molar-refractivity contribution in [1.82, 2.24) is 5.06 Å². The van der Waals surface area contributed by atoms with Gasteiger partial charge in [-0.2, -0.15) is 5.06 Å². The summed E-state index contributed by atoms with van der Waals surface area (Å²) in [7, 11) is 0. The van der Waals surface area contributed by atoms with Gasteiger partial charge in [-0.05, 0) is 73.1 Å². The Labute approximate surface area is 136 Å². The fourth-order valence-corrected chi connectivity index (χ4v) is 3.73. The van der Waals surface area contributed by atoms with Crippen molar-refractivity contribution in [3.63, 3.8) is 0 Å². The lowest BCUT2D eigenvalue weighted by Crippen LogP contribution is -2.61. The Kier molecular flexibility index (Phi) is 6.48. The van der Waals surface area contributed by atoms with Crippen molar-refractivity contribution in [2.24, 2.45) is 5.92 Å². The monoisotopic (exact) mass is 315 g/mol. The van der Waals surface area contributed by atoms with E-state index in [1.807, 2.05) is 13.8 Å². The van der Waals surface area contributed by atoms with Crippen LogP contribution < -0.4 is 0 Å².